The largest absolute Gasteiger partial charge is 0.495 e. The van der Waals surface area contributed by atoms with E-state index in [1.807, 2.05) is 0 Å². The number of hydrogen-bond donors (Lipinski definition) is 1. The Morgan fingerprint density at radius 1 is 1.10 bits per heavy atom. The quantitative estimate of drug-likeness (QED) is 0.575. The van der Waals surface area contributed by atoms with Gasteiger partial charge in [0.25, 0.3) is 10.0 Å². The molecule has 2 aromatic carbocycles. The summed E-state index contributed by atoms with van der Waals surface area (Å²) in [4.78, 5) is 16.6. The first-order valence-corrected chi connectivity index (χ1v) is 10.8. The second kappa shape index (κ2) is 9.60. The van der Waals surface area contributed by atoms with E-state index in [2.05, 4.69) is 10.3 Å². The Morgan fingerprint density at radius 3 is 2.47 bits per heavy atom. The number of anilines is 1. The average Bonchev–Trinajstić information content (AvgIpc) is 2.77. The van der Waals surface area contributed by atoms with Crippen LogP contribution in [0.3, 0.4) is 0 Å². The molecule has 0 spiro atoms. The molecule has 1 heterocycles. The molecule has 9 heteroatoms. The van der Waals surface area contributed by atoms with Gasteiger partial charge in [0.2, 0.25) is 5.91 Å². The maximum Gasteiger partial charge on any atom is 0.264 e. The number of benzene rings is 2. The Balaban J connectivity index is 1.94. The van der Waals surface area contributed by atoms with E-state index in [4.69, 9.17) is 16.3 Å². The van der Waals surface area contributed by atoms with Crippen LogP contribution in [0, 0.1) is 0 Å². The molecule has 0 aliphatic carbocycles. The van der Waals surface area contributed by atoms with Crippen LogP contribution in [0.1, 0.15) is 5.56 Å². The van der Waals surface area contributed by atoms with E-state index in [0.717, 1.165) is 9.87 Å². The summed E-state index contributed by atoms with van der Waals surface area (Å²) >= 11 is 6.11. The maximum absolute atomic E-state index is 13.4. The summed E-state index contributed by atoms with van der Waals surface area (Å²) in [5.74, 6) is -0.200. The maximum atomic E-state index is 13.4. The van der Waals surface area contributed by atoms with Gasteiger partial charge < -0.3 is 10.1 Å². The van der Waals surface area contributed by atoms with Crippen LogP contribution in [0.15, 0.2) is 78.0 Å². The standard InChI is InChI=1S/C21H20ClN3O4S/c1-29-20-8-7-17(22)13-19(20)25(30(27,28)18-5-3-2-4-6-18)15-21(26)24-14-16-9-11-23-12-10-16/h2-13H,14-15H2,1H3,(H,24,26). The molecule has 0 saturated heterocycles. The van der Waals surface area contributed by atoms with Crippen molar-refractivity contribution < 1.29 is 17.9 Å². The summed E-state index contributed by atoms with van der Waals surface area (Å²) in [5, 5.41) is 3.04. The molecule has 0 radical (unpaired) electrons. The summed E-state index contributed by atoms with van der Waals surface area (Å²) < 4.78 is 33.0. The van der Waals surface area contributed by atoms with Crippen LogP contribution in [0.5, 0.6) is 5.75 Å². The van der Waals surface area contributed by atoms with E-state index in [-0.39, 0.29) is 22.9 Å². The Hall–Kier alpha value is -3.10. The van der Waals surface area contributed by atoms with Gasteiger partial charge in [0.05, 0.1) is 17.7 Å². The highest BCUT2D eigenvalue weighted by atomic mass is 35.5. The summed E-state index contributed by atoms with van der Waals surface area (Å²) in [5.41, 5.74) is 1.02. The molecule has 7 nitrogen and oxygen atoms in total. The zero-order chi connectivity index (χ0) is 21.6. The highest BCUT2D eigenvalue weighted by Crippen LogP contribution is 2.34. The molecule has 1 N–H and O–H groups in total. The summed E-state index contributed by atoms with van der Waals surface area (Å²) in [6.45, 7) is -0.202. The fourth-order valence-corrected chi connectivity index (χ4v) is 4.38. The number of nitrogens with one attached hydrogen (secondary N) is 1. The molecule has 0 bridgehead atoms. The second-order valence-corrected chi connectivity index (χ2v) is 8.57. The minimum absolute atomic E-state index is 0.0500. The van der Waals surface area contributed by atoms with Crippen molar-refractivity contribution in [3.8, 4) is 5.75 Å². The van der Waals surface area contributed by atoms with E-state index >= 15 is 0 Å². The topological polar surface area (TPSA) is 88.6 Å². The molecule has 0 atom stereocenters. The van der Waals surface area contributed by atoms with Gasteiger partial charge in [-0.3, -0.25) is 14.1 Å². The number of nitrogens with zero attached hydrogens (tertiary/aromatic N) is 2. The summed E-state index contributed by atoms with van der Waals surface area (Å²) in [7, 11) is -2.64. The average molecular weight is 446 g/mol. The first kappa shape index (κ1) is 21.6. The van der Waals surface area contributed by atoms with Crippen LogP contribution >= 0.6 is 11.6 Å². The number of carbonyl (C=O) groups is 1. The molecule has 3 aromatic rings. The van der Waals surface area contributed by atoms with Crippen LogP contribution < -0.4 is 14.4 Å². The van der Waals surface area contributed by atoms with Crippen LogP contribution in [0.2, 0.25) is 5.02 Å². The van der Waals surface area contributed by atoms with Crippen LogP contribution in [0.4, 0.5) is 5.69 Å². The summed E-state index contributed by atoms with van der Waals surface area (Å²) in [6, 6.07) is 16.0. The Bertz CT molecular complexity index is 1110. The number of sulfonamides is 1. The van der Waals surface area contributed by atoms with Crippen molar-refractivity contribution in [3.05, 3.63) is 83.6 Å². The van der Waals surface area contributed by atoms with E-state index in [0.29, 0.717) is 5.02 Å². The van der Waals surface area contributed by atoms with Gasteiger partial charge in [0, 0.05) is 24.0 Å². The summed E-state index contributed by atoms with van der Waals surface area (Å²) in [6.07, 6.45) is 3.23. The number of ether oxygens (including phenoxy) is 1. The molecular formula is C21H20ClN3O4S. The van der Waals surface area contributed by atoms with Crippen LogP contribution in [-0.4, -0.2) is 33.0 Å². The second-order valence-electron chi connectivity index (χ2n) is 6.27. The number of rotatable bonds is 8. The smallest absolute Gasteiger partial charge is 0.264 e. The van der Waals surface area contributed by atoms with Gasteiger partial charge in [-0.25, -0.2) is 8.42 Å². The van der Waals surface area contributed by atoms with Crippen LogP contribution in [0.25, 0.3) is 0 Å². The van der Waals surface area contributed by atoms with E-state index < -0.39 is 22.5 Å². The lowest BCUT2D eigenvalue weighted by Crippen LogP contribution is -2.40. The number of methoxy groups -OCH3 is 1. The molecule has 0 unspecified atom stereocenters. The lowest BCUT2D eigenvalue weighted by molar-refractivity contribution is -0.119. The van der Waals surface area contributed by atoms with E-state index in [1.165, 1.54) is 25.3 Å². The van der Waals surface area contributed by atoms with E-state index in [1.54, 1.807) is 54.9 Å². The molecule has 1 aromatic heterocycles. The zero-order valence-corrected chi connectivity index (χ0v) is 17.7. The Morgan fingerprint density at radius 2 is 1.80 bits per heavy atom. The molecule has 0 aliphatic heterocycles. The first-order chi connectivity index (χ1) is 14.4. The van der Waals surface area contributed by atoms with Crippen molar-refractivity contribution in [2.24, 2.45) is 0 Å². The number of halogens is 1. The van der Waals surface area contributed by atoms with Crippen molar-refractivity contribution in [3.63, 3.8) is 0 Å². The van der Waals surface area contributed by atoms with Crippen molar-refractivity contribution in [1.29, 1.82) is 0 Å². The van der Waals surface area contributed by atoms with Gasteiger partial charge in [-0.2, -0.15) is 0 Å². The van der Waals surface area contributed by atoms with Gasteiger partial charge in [-0.1, -0.05) is 29.8 Å². The molecule has 30 heavy (non-hydrogen) atoms. The number of pyridine rings is 1. The zero-order valence-electron chi connectivity index (χ0n) is 16.2. The lowest BCUT2D eigenvalue weighted by atomic mass is 10.2. The molecule has 0 fully saturated rings. The Labute approximate surface area is 180 Å². The fourth-order valence-electron chi connectivity index (χ4n) is 2.76. The highest BCUT2D eigenvalue weighted by Gasteiger charge is 2.29. The number of aromatic nitrogens is 1. The van der Waals surface area contributed by atoms with Gasteiger partial charge in [0.1, 0.15) is 12.3 Å². The van der Waals surface area contributed by atoms with Crippen molar-refractivity contribution in [2.45, 2.75) is 11.4 Å². The number of amides is 1. The SMILES string of the molecule is COc1ccc(Cl)cc1N(CC(=O)NCc1ccncc1)S(=O)(=O)c1ccccc1. The van der Waals surface area contributed by atoms with Gasteiger partial charge >= 0.3 is 0 Å². The predicted octanol–water partition coefficient (Wildman–Crippen LogP) is 3.26. The minimum atomic E-state index is -4.06. The molecule has 156 valence electrons. The van der Waals surface area contributed by atoms with Crippen molar-refractivity contribution in [1.82, 2.24) is 10.3 Å². The third-order valence-corrected chi connectivity index (χ3v) is 6.28. The van der Waals surface area contributed by atoms with Gasteiger partial charge in [0.15, 0.2) is 0 Å². The van der Waals surface area contributed by atoms with Crippen LogP contribution in [-0.2, 0) is 21.4 Å². The highest BCUT2D eigenvalue weighted by molar-refractivity contribution is 7.92. The van der Waals surface area contributed by atoms with Crippen molar-refractivity contribution >= 4 is 33.2 Å². The van der Waals surface area contributed by atoms with Crippen molar-refractivity contribution in [2.75, 3.05) is 18.0 Å². The fraction of sp³-hybridized carbons (Fsp3) is 0.143. The van der Waals surface area contributed by atoms with E-state index in [9.17, 15) is 13.2 Å². The minimum Gasteiger partial charge on any atom is -0.495 e. The number of hydrogen-bond acceptors (Lipinski definition) is 5. The Kier molecular flexibility index (Phi) is 6.91. The van der Waals surface area contributed by atoms with Gasteiger partial charge in [-0.15, -0.1) is 0 Å². The molecule has 0 aliphatic rings. The monoisotopic (exact) mass is 445 g/mol. The molecule has 1 amide bonds. The third-order valence-electron chi connectivity index (χ3n) is 4.27. The molecule has 0 saturated carbocycles. The lowest BCUT2D eigenvalue weighted by Gasteiger charge is -2.25. The third kappa shape index (κ3) is 5.08. The normalized spacial score (nSPS) is 11.0. The number of carbonyl (C=O) groups excluding carboxylic acids is 1. The first-order valence-electron chi connectivity index (χ1n) is 8.99. The van der Waals surface area contributed by atoms with Gasteiger partial charge in [-0.05, 0) is 48.0 Å². The predicted molar refractivity (Wildman–Crippen MR) is 115 cm³/mol. The molecular weight excluding hydrogens is 426 g/mol. The molecule has 3 rings (SSSR count).